The average Bonchev–Trinajstić information content (AvgIpc) is 2.89. The van der Waals surface area contributed by atoms with Gasteiger partial charge in [-0.1, -0.05) is 102 Å². The van der Waals surface area contributed by atoms with Crippen LogP contribution in [0.2, 0.25) is 0 Å². The van der Waals surface area contributed by atoms with Crippen LogP contribution in [0.5, 0.6) is 17.2 Å². The molecule has 0 saturated heterocycles. The fourth-order valence-electron chi connectivity index (χ4n) is 3.68. The van der Waals surface area contributed by atoms with Crippen molar-refractivity contribution in [2.24, 2.45) is 5.92 Å². The van der Waals surface area contributed by atoms with Crippen LogP contribution in [0.1, 0.15) is 69.4 Å². The normalized spacial score (nSPS) is 11.1. The number of ether oxygens (including phenoxy) is 2. The van der Waals surface area contributed by atoms with Crippen LogP contribution in [-0.4, -0.2) is 5.11 Å². The van der Waals surface area contributed by atoms with Crippen molar-refractivity contribution in [2.45, 2.75) is 66.6 Å². The van der Waals surface area contributed by atoms with E-state index in [0.717, 1.165) is 40.7 Å². The summed E-state index contributed by atoms with van der Waals surface area (Å²) >= 11 is 0. The summed E-state index contributed by atoms with van der Waals surface area (Å²) in [7, 11) is 0. The summed E-state index contributed by atoms with van der Waals surface area (Å²) in [6.45, 7) is 13.7. The third kappa shape index (κ3) is 9.72. The van der Waals surface area contributed by atoms with Crippen LogP contribution in [0.3, 0.4) is 0 Å². The van der Waals surface area contributed by atoms with Gasteiger partial charge in [0.2, 0.25) is 0 Å². The van der Waals surface area contributed by atoms with Crippen molar-refractivity contribution in [3.05, 3.63) is 125 Å². The van der Waals surface area contributed by atoms with Gasteiger partial charge >= 0.3 is 0 Å². The minimum Gasteiger partial charge on any atom is -0.489 e. The zero-order valence-corrected chi connectivity index (χ0v) is 23.7. The molecule has 200 valence electrons. The molecule has 0 aliphatic heterocycles. The number of aliphatic hydroxyl groups is 1. The summed E-state index contributed by atoms with van der Waals surface area (Å²) in [5.41, 5.74) is 6.06. The first kappa shape index (κ1) is 29.0. The van der Waals surface area contributed by atoms with E-state index in [0.29, 0.717) is 6.61 Å². The van der Waals surface area contributed by atoms with Gasteiger partial charge in [-0.3, -0.25) is 0 Å². The molecule has 0 spiro atoms. The molecule has 1 N–H and O–H groups in total. The van der Waals surface area contributed by atoms with E-state index in [4.69, 9.17) is 14.6 Å². The van der Waals surface area contributed by atoms with Gasteiger partial charge in [0.15, 0.2) is 0 Å². The second-order valence-corrected chi connectivity index (χ2v) is 11.3. The highest BCUT2D eigenvalue weighted by Crippen LogP contribution is 2.25. The van der Waals surface area contributed by atoms with Crippen molar-refractivity contribution >= 4 is 0 Å². The van der Waals surface area contributed by atoms with E-state index in [-0.39, 0.29) is 12.0 Å². The number of hydrogen-bond acceptors (Lipinski definition) is 3. The first-order valence-electron chi connectivity index (χ1n) is 13.4. The Bertz CT molecular complexity index is 1210. The largest absolute Gasteiger partial charge is 0.489 e. The number of rotatable bonds is 8. The topological polar surface area (TPSA) is 38.7 Å². The van der Waals surface area contributed by atoms with E-state index in [1.54, 1.807) is 0 Å². The van der Waals surface area contributed by atoms with E-state index < -0.39 is 0 Å². The predicted octanol–water partition coefficient (Wildman–Crippen LogP) is 9.10. The highest BCUT2D eigenvalue weighted by atomic mass is 16.5. The van der Waals surface area contributed by atoms with Crippen LogP contribution < -0.4 is 9.47 Å². The number of aliphatic hydroxyl groups excluding tert-OH is 1. The Kier molecular flexibility index (Phi) is 10.6. The Balaban J connectivity index is 0.000000934. The molecule has 4 aromatic carbocycles. The number of benzene rings is 4. The molecule has 0 aromatic heterocycles. The third-order valence-corrected chi connectivity index (χ3v) is 5.82. The van der Waals surface area contributed by atoms with Gasteiger partial charge in [0, 0.05) is 0 Å². The van der Waals surface area contributed by atoms with Gasteiger partial charge in [0.05, 0.1) is 6.61 Å². The van der Waals surface area contributed by atoms with Gasteiger partial charge in [0.25, 0.3) is 0 Å². The van der Waals surface area contributed by atoms with E-state index in [1.807, 2.05) is 60.7 Å². The van der Waals surface area contributed by atoms with E-state index in [9.17, 15) is 0 Å². The summed E-state index contributed by atoms with van der Waals surface area (Å²) < 4.78 is 11.8. The first-order chi connectivity index (χ1) is 18.1. The molecule has 38 heavy (non-hydrogen) atoms. The monoisotopic (exact) mass is 510 g/mol. The third-order valence-electron chi connectivity index (χ3n) is 5.82. The summed E-state index contributed by atoms with van der Waals surface area (Å²) in [4.78, 5) is 0. The molecular formula is C35H42O3. The SMILES string of the molecule is CC(C)(C)c1ccc(Cc2ccc(OCc3ccc(Oc4ccc(CO)cc4)cc3)cc2)cc1.CC(C)C. The predicted molar refractivity (Wildman–Crippen MR) is 158 cm³/mol. The summed E-state index contributed by atoms with van der Waals surface area (Å²) in [6.07, 6.45) is 0.912. The van der Waals surface area contributed by atoms with Crippen LogP contribution in [0.25, 0.3) is 0 Å². The minimum absolute atomic E-state index is 0.0309. The van der Waals surface area contributed by atoms with Crippen LogP contribution in [0.4, 0.5) is 0 Å². The fraction of sp³-hybridized carbons (Fsp3) is 0.314. The molecule has 0 radical (unpaired) electrons. The molecule has 0 atom stereocenters. The van der Waals surface area contributed by atoms with Crippen molar-refractivity contribution < 1.29 is 14.6 Å². The van der Waals surface area contributed by atoms with Crippen molar-refractivity contribution in [3.63, 3.8) is 0 Å². The van der Waals surface area contributed by atoms with Gasteiger partial charge in [-0.05, 0) is 82.0 Å². The molecule has 0 aliphatic carbocycles. The summed E-state index contributed by atoms with van der Waals surface area (Å²) in [6, 6.07) is 32.5. The Morgan fingerprint density at radius 2 is 0.974 bits per heavy atom. The van der Waals surface area contributed by atoms with Crippen molar-refractivity contribution in [1.82, 2.24) is 0 Å². The molecule has 3 heteroatoms. The van der Waals surface area contributed by atoms with Crippen LogP contribution in [0.15, 0.2) is 97.1 Å². The van der Waals surface area contributed by atoms with E-state index in [1.165, 1.54) is 16.7 Å². The molecule has 4 rings (SSSR count). The van der Waals surface area contributed by atoms with Gasteiger partial charge in [-0.2, -0.15) is 0 Å². The number of hydrogen-bond donors (Lipinski definition) is 1. The lowest BCUT2D eigenvalue weighted by atomic mass is 9.86. The molecule has 0 heterocycles. The van der Waals surface area contributed by atoms with Gasteiger partial charge in [-0.15, -0.1) is 0 Å². The fourth-order valence-corrected chi connectivity index (χ4v) is 3.68. The zero-order chi connectivity index (χ0) is 27.5. The molecule has 3 nitrogen and oxygen atoms in total. The van der Waals surface area contributed by atoms with E-state index in [2.05, 4.69) is 77.9 Å². The van der Waals surface area contributed by atoms with Crippen LogP contribution >= 0.6 is 0 Å². The summed E-state index contributed by atoms with van der Waals surface area (Å²) in [5, 5.41) is 9.13. The Labute approximate surface area is 229 Å². The quantitative estimate of drug-likeness (QED) is 0.257. The maximum atomic E-state index is 9.13. The lowest BCUT2D eigenvalue weighted by Crippen LogP contribution is -2.10. The maximum absolute atomic E-state index is 9.13. The maximum Gasteiger partial charge on any atom is 0.127 e. The lowest BCUT2D eigenvalue weighted by molar-refractivity contribution is 0.281. The summed E-state index contributed by atoms with van der Waals surface area (Å²) in [5.74, 6) is 3.20. The Hall–Kier alpha value is -3.56. The standard InChI is InChI=1S/C31H32O3.C4H10/c1-31(2,3)27-12-4-23(5-13-27)20-24-6-14-28(15-7-24)33-22-26-10-18-30(19-11-26)34-29-16-8-25(21-32)9-17-29;1-4(2)3/h4-19,32H,20-22H2,1-3H3;4H,1-3H3. The smallest absolute Gasteiger partial charge is 0.127 e. The minimum atomic E-state index is 0.0309. The Morgan fingerprint density at radius 3 is 1.42 bits per heavy atom. The molecule has 0 saturated carbocycles. The second-order valence-electron chi connectivity index (χ2n) is 11.3. The molecule has 0 bridgehead atoms. The van der Waals surface area contributed by atoms with Gasteiger partial charge in [0.1, 0.15) is 23.9 Å². The highest BCUT2D eigenvalue weighted by Gasteiger charge is 2.12. The van der Waals surface area contributed by atoms with Gasteiger partial charge in [-0.25, -0.2) is 0 Å². The lowest BCUT2D eigenvalue weighted by Gasteiger charge is -2.19. The van der Waals surface area contributed by atoms with Gasteiger partial charge < -0.3 is 14.6 Å². The molecule has 0 unspecified atom stereocenters. The molecule has 4 aromatic rings. The average molecular weight is 511 g/mol. The van der Waals surface area contributed by atoms with E-state index >= 15 is 0 Å². The molecular weight excluding hydrogens is 468 g/mol. The van der Waals surface area contributed by atoms with Crippen molar-refractivity contribution in [2.75, 3.05) is 0 Å². The first-order valence-corrected chi connectivity index (χ1v) is 13.4. The molecule has 0 amide bonds. The van der Waals surface area contributed by atoms with Crippen molar-refractivity contribution in [1.29, 1.82) is 0 Å². The molecule has 0 fully saturated rings. The van der Waals surface area contributed by atoms with Crippen LogP contribution in [-0.2, 0) is 25.0 Å². The van der Waals surface area contributed by atoms with Crippen molar-refractivity contribution in [3.8, 4) is 17.2 Å². The zero-order valence-electron chi connectivity index (χ0n) is 23.7. The Morgan fingerprint density at radius 1 is 0.579 bits per heavy atom. The molecule has 0 aliphatic rings. The van der Waals surface area contributed by atoms with Crippen LogP contribution in [0, 0.1) is 5.92 Å². The highest BCUT2D eigenvalue weighted by molar-refractivity contribution is 5.36. The second kappa shape index (κ2) is 13.8.